The smallest absolute Gasteiger partial charge is 0.229 e. The van der Waals surface area contributed by atoms with E-state index < -0.39 is 0 Å². The second kappa shape index (κ2) is 9.38. The molecule has 4 aromatic rings. The van der Waals surface area contributed by atoms with Crippen LogP contribution in [0.4, 0.5) is 5.13 Å². The van der Waals surface area contributed by atoms with Gasteiger partial charge >= 0.3 is 0 Å². The second-order valence-corrected chi connectivity index (χ2v) is 9.79. The molecule has 7 nitrogen and oxygen atoms in total. The number of para-hydroxylation sites is 1. The maximum Gasteiger partial charge on any atom is 0.229 e. The Balaban J connectivity index is 1.45. The average Bonchev–Trinajstić information content (AvgIpc) is 3.35. The third-order valence-corrected chi connectivity index (χ3v) is 6.71. The second-order valence-electron chi connectivity index (χ2n) is 8.61. The molecule has 2 aromatic carbocycles. The van der Waals surface area contributed by atoms with Crippen molar-refractivity contribution in [3.05, 3.63) is 70.9 Å². The molecule has 2 atom stereocenters. The van der Waals surface area contributed by atoms with Gasteiger partial charge in [-0.1, -0.05) is 36.5 Å². The summed E-state index contributed by atoms with van der Waals surface area (Å²) in [6.45, 7) is 6.72. The van der Waals surface area contributed by atoms with Crippen molar-refractivity contribution in [2.45, 2.75) is 39.5 Å². The Kier molecular flexibility index (Phi) is 6.15. The Morgan fingerprint density at radius 1 is 1.18 bits per heavy atom. The Morgan fingerprint density at radius 3 is 2.71 bits per heavy atom. The van der Waals surface area contributed by atoms with Crippen LogP contribution in [0.25, 0.3) is 16.9 Å². The van der Waals surface area contributed by atoms with Crippen LogP contribution in [0.15, 0.2) is 54.7 Å². The maximum atomic E-state index is 12.9. The lowest BCUT2D eigenvalue weighted by Gasteiger charge is -2.10. The van der Waals surface area contributed by atoms with E-state index >= 15 is 0 Å². The molecule has 0 aliphatic heterocycles. The van der Waals surface area contributed by atoms with Gasteiger partial charge in [-0.2, -0.15) is 5.10 Å². The zero-order chi connectivity index (χ0) is 23.7. The zero-order valence-corrected chi connectivity index (χ0v) is 20.3. The summed E-state index contributed by atoms with van der Waals surface area (Å²) in [4.78, 5) is 12.9. The zero-order valence-electron chi connectivity index (χ0n) is 19.5. The van der Waals surface area contributed by atoms with Crippen molar-refractivity contribution < 1.29 is 9.53 Å². The number of aromatic nitrogens is 4. The number of anilines is 1. The van der Waals surface area contributed by atoms with Gasteiger partial charge in [0.1, 0.15) is 10.8 Å². The Morgan fingerprint density at radius 2 is 2.00 bits per heavy atom. The molecule has 174 valence electrons. The van der Waals surface area contributed by atoms with E-state index in [4.69, 9.17) is 9.84 Å². The molecule has 2 aromatic heterocycles. The Hall–Kier alpha value is -3.52. The molecule has 0 spiro atoms. The van der Waals surface area contributed by atoms with Crippen LogP contribution in [-0.4, -0.2) is 32.5 Å². The van der Waals surface area contributed by atoms with Crippen molar-refractivity contribution in [2.75, 3.05) is 11.9 Å². The number of benzene rings is 2. The first kappa shape index (κ1) is 22.3. The molecule has 1 aliphatic rings. The van der Waals surface area contributed by atoms with Gasteiger partial charge in [-0.3, -0.25) is 4.79 Å². The SMILES string of the molecule is CCCOc1ccc(-c2nn(-c3ccccc3)cc2C2CC2C(=O)Nc2nnc(C)s2)cc1C. The number of amides is 1. The molecular formula is C26H27N5O2S. The number of carbonyl (C=O) groups excluding carboxylic acids is 1. The topological polar surface area (TPSA) is 81.9 Å². The van der Waals surface area contributed by atoms with Crippen molar-refractivity contribution in [1.82, 2.24) is 20.0 Å². The van der Waals surface area contributed by atoms with E-state index in [0.717, 1.165) is 51.7 Å². The molecule has 2 unspecified atom stereocenters. The number of carbonyl (C=O) groups is 1. The van der Waals surface area contributed by atoms with Gasteiger partial charge in [0, 0.05) is 29.2 Å². The molecule has 2 heterocycles. The Bertz CT molecular complexity index is 1310. The first-order valence-corrected chi connectivity index (χ1v) is 12.3. The van der Waals surface area contributed by atoms with Crippen molar-refractivity contribution in [2.24, 2.45) is 5.92 Å². The predicted molar refractivity (Wildman–Crippen MR) is 134 cm³/mol. The van der Waals surface area contributed by atoms with Gasteiger partial charge < -0.3 is 10.1 Å². The van der Waals surface area contributed by atoms with Gasteiger partial charge in [-0.15, -0.1) is 10.2 Å². The molecule has 1 fully saturated rings. The molecule has 34 heavy (non-hydrogen) atoms. The maximum absolute atomic E-state index is 12.9. The standard InChI is InChI=1S/C26H27N5O2S/c1-4-12-33-23-11-10-18(13-16(23)2)24-22(15-31(30-24)19-8-6-5-7-9-19)20-14-21(20)25(32)27-26-29-28-17(3)34-26/h5-11,13,15,20-21H,4,12,14H2,1-3H3,(H,27,29,32). The largest absolute Gasteiger partial charge is 0.493 e. The minimum atomic E-state index is -0.107. The summed E-state index contributed by atoms with van der Waals surface area (Å²) in [5, 5.41) is 17.2. The minimum Gasteiger partial charge on any atom is -0.493 e. The summed E-state index contributed by atoms with van der Waals surface area (Å²) >= 11 is 1.39. The van der Waals surface area contributed by atoms with Crippen LogP contribution in [0.1, 0.15) is 41.8 Å². The number of nitrogens with one attached hydrogen (secondary N) is 1. The van der Waals surface area contributed by atoms with Crippen LogP contribution in [0.2, 0.25) is 0 Å². The van der Waals surface area contributed by atoms with E-state index in [1.54, 1.807) is 0 Å². The third kappa shape index (κ3) is 4.59. The number of rotatable bonds is 8. The van der Waals surface area contributed by atoms with E-state index in [1.165, 1.54) is 11.3 Å². The van der Waals surface area contributed by atoms with Crippen LogP contribution in [0.3, 0.4) is 0 Å². The fraction of sp³-hybridized carbons (Fsp3) is 0.308. The van der Waals surface area contributed by atoms with E-state index in [-0.39, 0.29) is 17.7 Å². The molecule has 0 saturated heterocycles. The number of nitrogens with zero attached hydrogens (tertiary/aromatic N) is 4. The van der Waals surface area contributed by atoms with Gasteiger partial charge in [-0.05, 0) is 62.6 Å². The third-order valence-electron chi connectivity index (χ3n) is 5.96. The highest BCUT2D eigenvalue weighted by Crippen LogP contribution is 2.51. The van der Waals surface area contributed by atoms with Crippen molar-refractivity contribution in [1.29, 1.82) is 0 Å². The number of hydrogen-bond donors (Lipinski definition) is 1. The van der Waals surface area contributed by atoms with Crippen LogP contribution in [0, 0.1) is 19.8 Å². The first-order chi connectivity index (χ1) is 16.5. The van der Waals surface area contributed by atoms with Crippen LogP contribution >= 0.6 is 11.3 Å². The molecular weight excluding hydrogens is 446 g/mol. The highest BCUT2D eigenvalue weighted by molar-refractivity contribution is 7.15. The number of aryl methyl sites for hydroxylation is 2. The summed E-state index contributed by atoms with van der Waals surface area (Å²) in [6.07, 6.45) is 3.82. The molecule has 1 N–H and O–H groups in total. The van der Waals surface area contributed by atoms with Crippen molar-refractivity contribution in [3.63, 3.8) is 0 Å². The summed E-state index contributed by atoms with van der Waals surface area (Å²) in [7, 11) is 0. The lowest BCUT2D eigenvalue weighted by atomic mass is 10.0. The van der Waals surface area contributed by atoms with E-state index in [9.17, 15) is 4.79 Å². The van der Waals surface area contributed by atoms with Crippen LogP contribution in [0.5, 0.6) is 5.75 Å². The molecule has 1 amide bonds. The quantitative estimate of drug-likeness (QED) is 0.363. The van der Waals surface area contributed by atoms with Gasteiger partial charge in [0.25, 0.3) is 0 Å². The van der Waals surface area contributed by atoms with E-state index in [1.807, 2.05) is 48.0 Å². The van der Waals surface area contributed by atoms with E-state index in [2.05, 4.69) is 47.7 Å². The van der Waals surface area contributed by atoms with Gasteiger partial charge in [0.2, 0.25) is 11.0 Å². The molecule has 8 heteroatoms. The first-order valence-electron chi connectivity index (χ1n) is 11.5. The monoisotopic (exact) mass is 473 g/mol. The molecule has 1 saturated carbocycles. The highest BCUT2D eigenvalue weighted by atomic mass is 32.1. The number of hydrogen-bond acceptors (Lipinski definition) is 6. The van der Waals surface area contributed by atoms with Crippen molar-refractivity contribution in [3.8, 4) is 22.7 Å². The van der Waals surface area contributed by atoms with Gasteiger partial charge in [-0.25, -0.2) is 4.68 Å². The molecule has 5 rings (SSSR count). The van der Waals surface area contributed by atoms with Gasteiger partial charge in [0.05, 0.1) is 18.0 Å². The normalized spacial score (nSPS) is 16.9. The average molecular weight is 474 g/mol. The fourth-order valence-electron chi connectivity index (χ4n) is 4.14. The predicted octanol–water partition coefficient (Wildman–Crippen LogP) is 5.54. The molecule has 0 bridgehead atoms. The highest BCUT2D eigenvalue weighted by Gasteiger charge is 2.46. The molecule has 1 aliphatic carbocycles. The summed E-state index contributed by atoms with van der Waals surface area (Å²) in [5.41, 5.74) is 5.07. The van der Waals surface area contributed by atoms with Gasteiger partial charge in [0.15, 0.2) is 0 Å². The Labute approximate surface area is 202 Å². The van der Waals surface area contributed by atoms with Crippen molar-refractivity contribution >= 4 is 22.4 Å². The summed E-state index contributed by atoms with van der Waals surface area (Å²) in [5.74, 6) is 0.882. The minimum absolute atomic E-state index is 0.0148. The van der Waals surface area contributed by atoms with Crippen LogP contribution < -0.4 is 10.1 Å². The summed E-state index contributed by atoms with van der Waals surface area (Å²) in [6, 6.07) is 16.2. The fourth-order valence-corrected chi connectivity index (χ4v) is 4.74. The van der Waals surface area contributed by atoms with E-state index in [0.29, 0.717) is 11.7 Å². The lowest BCUT2D eigenvalue weighted by molar-refractivity contribution is -0.117. The molecule has 0 radical (unpaired) electrons. The summed E-state index contributed by atoms with van der Waals surface area (Å²) < 4.78 is 7.77. The van der Waals surface area contributed by atoms with Crippen LogP contribution in [-0.2, 0) is 4.79 Å². The number of ether oxygens (including phenoxy) is 1. The lowest BCUT2D eigenvalue weighted by Crippen LogP contribution is -2.14.